The largest absolute Gasteiger partial charge is 0.473 e. The van der Waals surface area contributed by atoms with E-state index in [9.17, 15) is 9.59 Å². The van der Waals surface area contributed by atoms with E-state index in [0.717, 1.165) is 0 Å². The highest BCUT2D eigenvalue weighted by Gasteiger charge is 2.59. The Morgan fingerprint density at radius 1 is 0.788 bits per heavy atom. The SMILES string of the molecule is COC(=O)C(C(Oc1ccccc1)C(=O)OC)=P1(Oc2ccccc2)OC(C)(C)C(C)(C)O1. The quantitative estimate of drug-likeness (QED) is 0.429. The monoisotopic (exact) mass is 476 g/mol. The van der Waals surface area contributed by atoms with Crippen LogP contribution >= 0.6 is 7.57 Å². The van der Waals surface area contributed by atoms with Gasteiger partial charge in [-0.05, 0) is 52.0 Å². The van der Waals surface area contributed by atoms with Gasteiger partial charge in [0.15, 0.2) is 5.29 Å². The summed E-state index contributed by atoms with van der Waals surface area (Å²) in [6.07, 6.45) is -1.54. The van der Waals surface area contributed by atoms with Gasteiger partial charge < -0.3 is 18.7 Å². The van der Waals surface area contributed by atoms with Crippen LogP contribution in [-0.2, 0) is 28.1 Å². The molecule has 0 bridgehead atoms. The predicted octanol–water partition coefficient (Wildman–Crippen LogP) is 4.40. The molecule has 2 aromatic carbocycles. The summed E-state index contributed by atoms with van der Waals surface area (Å²) in [6.45, 7) is 7.29. The van der Waals surface area contributed by atoms with E-state index in [-0.39, 0.29) is 5.29 Å². The minimum atomic E-state index is -3.74. The van der Waals surface area contributed by atoms with Crippen molar-refractivity contribution in [1.82, 2.24) is 0 Å². The molecule has 0 amide bonds. The third-order valence-electron chi connectivity index (χ3n) is 5.47. The van der Waals surface area contributed by atoms with E-state index in [0.29, 0.717) is 11.5 Å². The number of benzene rings is 2. The lowest BCUT2D eigenvalue weighted by Crippen LogP contribution is -2.43. The Hall–Kier alpha value is -2.80. The van der Waals surface area contributed by atoms with Crippen molar-refractivity contribution in [3.63, 3.8) is 0 Å². The molecule has 1 unspecified atom stereocenters. The summed E-state index contributed by atoms with van der Waals surface area (Å²) in [5.41, 5.74) is -1.77. The fourth-order valence-corrected chi connectivity index (χ4v) is 6.28. The Balaban J connectivity index is 2.30. The fourth-order valence-electron chi connectivity index (χ4n) is 3.07. The highest BCUT2D eigenvalue weighted by Crippen LogP contribution is 2.66. The fraction of sp³-hybridized carbons (Fsp3) is 0.375. The van der Waals surface area contributed by atoms with Gasteiger partial charge in [0.05, 0.1) is 14.2 Å². The van der Waals surface area contributed by atoms with Gasteiger partial charge in [0, 0.05) is 0 Å². The van der Waals surface area contributed by atoms with Gasteiger partial charge in [0.25, 0.3) is 0 Å². The van der Waals surface area contributed by atoms with Crippen LogP contribution in [0.25, 0.3) is 0 Å². The molecule has 0 aliphatic carbocycles. The molecule has 0 radical (unpaired) electrons. The van der Waals surface area contributed by atoms with Crippen molar-refractivity contribution in [1.29, 1.82) is 0 Å². The van der Waals surface area contributed by atoms with Gasteiger partial charge in [-0.2, -0.15) is 0 Å². The first-order valence-electron chi connectivity index (χ1n) is 10.4. The maximum Gasteiger partial charge on any atom is 0.352 e. The Labute approximate surface area is 193 Å². The zero-order valence-electron chi connectivity index (χ0n) is 19.6. The summed E-state index contributed by atoms with van der Waals surface area (Å²) in [6, 6.07) is 17.3. The standard InChI is InChI=1S/C24H29O8P/c1-23(2)24(3,4)32-33(31-23,30-18-15-11-8-12-16-18)20(22(26)28-6)19(21(25)27-5)29-17-13-9-7-10-14-17/h7-16,19H,1-6H3. The van der Waals surface area contributed by atoms with Gasteiger partial charge in [0.2, 0.25) is 6.10 Å². The van der Waals surface area contributed by atoms with Gasteiger partial charge in [0.1, 0.15) is 22.7 Å². The third kappa shape index (κ3) is 5.08. The zero-order chi connectivity index (χ0) is 24.3. The minimum Gasteiger partial charge on any atom is -0.473 e. The topological polar surface area (TPSA) is 89.5 Å². The third-order valence-corrected chi connectivity index (χ3v) is 8.32. The van der Waals surface area contributed by atoms with E-state index >= 15 is 0 Å². The second-order valence-corrected chi connectivity index (χ2v) is 10.3. The van der Waals surface area contributed by atoms with Gasteiger partial charge in [-0.1, -0.05) is 36.4 Å². The number of methoxy groups -OCH3 is 2. The molecule has 1 aliphatic rings. The molecule has 8 nitrogen and oxygen atoms in total. The van der Waals surface area contributed by atoms with E-state index in [1.54, 1.807) is 54.6 Å². The summed E-state index contributed by atoms with van der Waals surface area (Å²) >= 11 is 0. The first-order valence-corrected chi connectivity index (χ1v) is 11.9. The molecule has 178 valence electrons. The average molecular weight is 476 g/mol. The molecule has 1 atom stereocenters. The molecule has 0 saturated carbocycles. The van der Waals surface area contributed by atoms with Crippen LogP contribution in [0.15, 0.2) is 60.7 Å². The predicted molar refractivity (Wildman–Crippen MR) is 124 cm³/mol. The second kappa shape index (κ2) is 9.59. The highest BCUT2D eigenvalue weighted by atomic mass is 31.2. The molecule has 3 rings (SSSR count). The van der Waals surface area contributed by atoms with E-state index in [1.165, 1.54) is 14.2 Å². The smallest absolute Gasteiger partial charge is 0.352 e. The lowest BCUT2D eigenvalue weighted by Gasteiger charge is -2.29. The van der Waals surface area contributed by atoms with E-state index in [2.05, 4.69) is 0 Å². The lowest BCUT2D eigenvalue weighted by molar-refractivity contribution is -0.147. The first-order chi connectivity index (χ1) is 15.5. The van der Waals surface area contributed by atoms with E-state index < -0.39 is 36.8 Å². The van der Waals surface area contributed by atoms with Crippen molar-refractivity contribution in [2.75, 3.05) is 14.2 Å². The van der Waals surface area contributed by atoms with Crippen molar-refractivity contribution in [2.24, 2.45) is 0 Å². The van der Waals surface area contributed by atoms with E-state index in [1.807, 2.05) is 33.8 Å². The van der Waals surface area contributed by atoms with Crippen LogP contribution in [0.5, 0.6) is 11.5 Å². The van der Waals surface area contributed by atoms with Crippen molar-refractivity contribution in [3.05, 3.63) is 60.7 Å². The number of ether oxygens (including phenoxy) is 3. The molecule has 1 aliphatic heterocycles. The van der Waals surface area contributed by atoms with Gasteiger partial charge in [-0.25, -0.2) is 9.59 Å². The molecule has 9 heteroatoms. The Bertz CT molecular complexity index is 1030. The summed E-state index contributed by atoms with van der Waals surface area (Å²) in [5.74, 6) is -0.960. The second-order valence-electron chi connectivity index (χ2n) is 8.32. The van der Waals surface area contributed by atoms with Crippen molar-refractivity contribution < 1.29 is 37.4 Å². The molecular weight excluding hydrogens is 447 g/mol. The number of para-hydroxylation sites is 2. The number of hydrogen-bond acceptors (Lipinski definition) is 8. The Morgan fingerprint density at radius 3 is 1.73 bits per heavy atom. The van der Waals surface area contributed by atoms with Crippen LogP contribution < -0.4 is 9.26 Å². The number of carbonyl (C=O) groups excluding carboxylic acids is 2. The Kier molecular flexibility index (Phi) is 7.22. The lowest BCUT2D eigenvalue weighted by atomic mass is 9.90. The normalized spacial score (nSPS) is 18.6. The maximum atomic E-state index is 13.2. The molecule has 1 saturated heterocycles. The zero-order valence-corrected chi connectivity index (χ0v) is 20.5. The number of carbonyl (C=O) groups is 2. The average Bonchev–Trinajstić information content (AvgIpc) is 2.97. The van der Waals surface area contributed by atoms with Crippen LogP contribution in [-0.4, -0.2) is 48.8 Å². The molecule has 1 fully saturated rings. The molecule has 33 heavy (non-hydrogen) atoms. The van der Waals surface area contributed by atoms with Crippen LogP contribution in [0.2, 0.25) is 0 Å². The minimum absolute atomic E-state index is 0.233. The Morgan fingerprint density at radius 2 is 1.27 bits per heavy atom. The van der Waals surface area contributed by atoms with Crippen molar-refractivity contribution in [2.45, 2.75) is 45.0 Å². The number of rotatable bonds is 7. The van der Waals surface area contributed by atoms with Crippen LogP contribution in [0, 0.1) is 0 Å². The van der Waals surface area contributed by atoms with Crippen LogP contribution in [0.4, 0.5) is 0 Å². The van der Waals surface area contributed by atoms with Crippen molar-refractivity contribution in [3.8, 4) is 11.5 Å². The molecule has 0 N–H and O–H groups in total. The summed E-state index contributed by atoms with van der Waals surface area (Å²) in [5, 5.41) is -0.233. The van der Waals surface area contributed by atoms with Gasteiger partial charge in [-0.15, -0.1) is 0 Å². The van der Waals surface area contributed by atoms with E-state index in [4.69, 9.17) is 27.8 Å². The molecule has 0 spiro atoms. The van der Waals surface area contributed by atoms with Crippen LogP contribution in [0.1, 0.15) is 27.7 Å². The van der Waals surface area contributed by atoms with Crippen LogP contribution in [0.3, 0.4) is 0 Å². The maximum absolute atomic E-state index is 13.2. The molecule has 2 aromatic rings. The number of esters is 2. The van der Waals surface area contributed by atoms with Gasteiger partial charge in [-0.3, -0.25) is 9.05 Å². The molecule has 1 heterocycles. The first kappa shape index (κ1) is 24.8. The highest BCUT2D eigenvalue weighted by molar-refractivity contribution is 7.65. The van der Waals surface area contributed by atoms with Gasteiger partial charge >= 0.3 is 19.5 Å². The number of hydrogen-bond donors (Lipinski definition) is 0. The summed E-state index contributed by atoms with van der Waals surface area (Å²) in [7, 11) is -1.34. The molecular formula is C24H29O8P. The summed E-state index contributed by atoms with van der Waals surface area (Å²) < 4.78 is 35.0. The van der Waals surface area contributed by atoms with Crippen molar-refractivity contribution >= 4 is 24.8 Å². The molecule has 0 aromatic heterocycles. The summed E-state index contributed by atoms with van der Waals surface area (Å²) in [4.78, 5) is 26.1.